The first kappa shape index (κ1) is 13.7. The van der Waals surface area contributed by atoms with Crippen molar-refractivity contribution in [2.45, 2.75) is 12.8 Å². The Hall–Kier alpha value is -1.75. The maximum absolute atomic E-state index is 12.2. The molecule has 19 heavy (non-hydrogen) atoms. The van der Waals surface area contributed by atoms with E-state index in [0.717, 1.165) is 30.9 Å². The molecule has 2 rings (SSSR count). The Kier molecular flexibility index (Phi) is 4.63. The first-order valence-electron chi connectivity index (χ1n) is 6.49. The largest absolute Gasteiger partial charge is 0.497 e. The van der Waals surface area contributed by atoms with Crippen LogP contribution in [0.1, 0.15) is 12.8 Å². The van der Waals surface area contributed by atoms with E-state index in [2.05, 4.69) is 5.32 Å². The number of anilines is 1. The highest BCUT2D eigenvalue weighted by Gasteiger charge is 2.20. The van der Waals surface area contributed by atoms with Gasteiger partial charge in [-0.3, -0.25) is 4.79 Å². The molecule has 1 saturated heterocycles. The van der Waals surface area contributed by atoms with Crippen LogP contribution in [0.25, 0.3) is 0 Å². The van der Waals surface area contributed by atoms with Gasteiger partial charge >= 0.3 is 0 Å². The Morgan fingerprint density at radius 2 is 2.05 bits per heavy atom. The fourth-order valence-electron chi connectivity index (χ4n) is 2.20. The van der Waals surface area contributed by atoms with Crippen LogP contribution in [-0.2, 0) is 4.79 Å². The molecule has 0 atom stereocenters. The van der Waals surface area contributed by atoms with Crippen LogP contribution in [0.15, 0.2) is 18.2 Å². The number of benzene rings is 1. The van der Waals surface area contributed by atoms with Crippen LogP contribution in [0.5, 0.6) is 11.5 Å². The summed E-state index contributed by atoms with van der Waals surface area (Å²) >= 11 is 0. The van der Waals surface area contributed by atoms with Gasteiger partial charge in [0, 0.05) is 25.6 Å². The van der Waals surface area contributed by atoms with E-state index >= 15 is 0 Å². The van der Waals surface area contributed by atoms with Crippen LogP contribution in [-0.4, -0.2) is 39.8 Å². The van der Waals surface area contributed by atoms with Crippen molar-refractivity contribution in [2.24, 2.45) is 0 Å². The zero-order valence-electron chi connectivity index (χ0n) is 11.4. The SMILES string of the molecule is COc1ccc(OC)c(N2CCNCCCC2=O)c1. The Bertz CT molecular complexity index is 448. The molecule has 1 aromatic carbocycles. The lowest BCUT2D eigenvalue weighted by atomic mass is 10.2. The monoisotopic (exact) mass is 264 g/mol. The van der Waals surface area contributed by atoms with E-state index in [4.69, 9.17) is 9.47 Å². The molecule has 0 unspecified atom stereocenters. The summed E-state index contributed by atoms with van der Waals surface area (Å²) in [6.45, 7) is 2.32. The van der Waals surface area contributed by atoms with Crippen LogP contribution in [0, 0.1) is 0 Å². The van der Waals surface area contributed by atoms with Gasteiger partial charge in [-0.15, -0.1) is 0 Å². The van der Waals surface area contributed by atoms with Crippen molar-refractivity contribution in [3.63, 3.8) is 0 Å². The van der Waals surface area contributed by atoms with E-state index in [0.29, 0.717) is 18.7 Å². The predicted molar refractivity (Wildman–Crippen MR) is 74.0 cm³/mol. The van der Waals surface area contributed by atoms with Gasteiger partial charge in [-0.2, -0.15) is 0 Å². The molecule has 0 saturated carbocycles. The molecule has 5 heteroatoms. The average Bonchev–Trinajstić information content (AvgIpc) is 2.43. The average molecular weight is 264 g/mol. The lowest BCUT2D eigenvalue weighted by Gasteiger charge is -2.27. The summed E-state index contributed by atoms with van der Waals surface area (Å²) in [5.41, 5.74) is 0.774. The molecule has 5 nitrogen and oxygen atoms in total. The van der Waals surface area contributed by atoms with Crippen molar-refractivity contribution in [3.8, 4) is 11.5 Å². The fourth-order valence-corrected chi connectivity index (χ4v) is 2.20. The van der Waals surface area contributed by atoms with Crippen LogP contribution in [0.3, 0.4) is 0 Å². The second-order valence-corrected chi connectivity index (χ2v) is 4.44. The molecule has 1 aliphatic rings. The molecule has 1 fully saturated rings. The number of carbonyl (C=O) groups excluding carboxylic acids is 1. The van der Waals surface area contributed by atoms with Gasteiger partial charge < -0.3 is 19.7 Å². The van der Waals surface area contributed by atoms with Gasteiger partial charge in [0.25, 0.3) is 0 Å². The van der Waals surface area contributed by atoms with Gasteiger partial charge in [0.1, 0.15) is 11.5 Å². The predicted octanol–water partition coefficient (Wildman–Crippen LogP) is 1.42. The second-order valence-electron chi connectivity index (χ2n) is 4.44. The van der Waals surface area contributed by atoms with Crippen molar-refractivity contribution in [1.29, 1.82) is 0 Å². The highest BCUT2D eigenvalue weighted by molar-refractivity contribution is 5.95. The fraction of sp³-hybridized carbons (Fsp3) is 0.500. The summed E-state index contributed by atoms with van der Waals surface area (Å²) in [6, 6.07) is 5.50. The first-order valence-corrected chi connectivity index (χ1v) is 6.49. The minimum Gasteiger partial charge on any atom is -0.497 e. The minimum atomic E-state index is 0.132. The van der Waals surface area contributed by atoms with Gasteiger partial charge in [-0.1, -0.05) is 0 Å². The quantitative estimate of drug-likeness (QED) is 0.897. The molecule has 0 spiro atoms. The Labute approximate surface area is 113 Å². The van der Waals surface area contributed by atoms with E-state index in [1.165, 1.54) is 0 Å². The van der Waals surface area contributed by atoms with Gasteiger partial charge in [-0.05, 0) is 25.1 Å². The Morgan fingerprint density at radius 1 is 1.21 bits per heavy atom. The molecular weight excluding hydrogens is 244 g/mol. The molecule has 0 aromatic heterocycles. The number of nitrogens with zero attached hydrogens (tertiary/aromatic N) is 1. The normalized spacial score (nSPS) is 16.7. The number of hydrogen-bond donors (Lipinski definition) is 1. The number of nitrogens with one attached hydrogen (secondary N) is 1. The lowest BCUT2D eigenvalue weighted by molar-refractivity contribution is -0.118. The molecule has 104 valence electrons. The van der Waals surface area contributed by atoms with Gasteiger partial charge in [0.05, 0.1) is 19.9 Å². The third-order valence-corrected chi connectivity index (χ3v) is 3.23. The van der Waals surface area contributed by atoms with E-state index in [1.54, 1.807) is 19.1 Å². The lowest BCUT2D eigenvalue weighted by Crippen LogP contribution is -2.40. The van der Waals surface area contributed by atoms with Crippen LogP contribution >= 0.6 is 0 Å². The number of hydrogen-bond acceptors (Lipinski definition) is 4. The van der Waals surface area contributed by atoms with Crippen LogP contribution in [0.2, 0.25) is 0 Å². The maximum atomic E-state index is 12.2. The Balaban J connectivity index is 2.33. The summed E-state index contributed by atoms with van der Waals surface area (Å²) < 4.78 is 10.6. The maximum Gasteiger partial charge on any atom is 0.227 e. The van der Waals surface area contributed by atoms with Crippen molar-refractivity contribution < 1.29 is 14.3 Å². The molecule has 1 aromatic rings. The number of amides is 1. The van der Waals surface area contributed by atoms with E-state index in [-0.39, 0.29) is 5.91 Å². The molecule has 0 radical (unpaired) electrons. The minimum absolute atomic E-state index is 0.132. The van der Waals surface area contributed by atoms with Gasteiger partial charge in [-0.25, -0.2) is 0 Å². The number of rotatable bonds is 3. The smallest absolute Gasteiger partial charge is 0.227 e. The highest BCUT2D eigenvalue weighted by Crippen LogP contribution is 2.32. The summed E-state index contributed by atoms with van der Waals surface area (Å²) in [5.74, 6) is 1.54. The van der Waals surface area contributed by atoms with Crippen molar-refractivity contribution >= 4 is 11.6 Å². The summed E-state index contributed by atoms with van der Waals surface area (Å²) in [4.78, 5) is 14.0. The van der Waals surface area contributed by atoms with Crippen LogP contribution < -0.4 is 19.7 Å². The molecule has 1 amide bonds. The van der Waals surface area contributed by atoms with Crippen molar-refractivity contribution in [1.82, 2.24) is 5.32 Å². The van der Waals surface area contributed by atoms with Crippen molar-refractivity contribution in [2.75, 3.05) is 38.8 Å². The molecule has 0 aliphatic carbocycles. The molecule has 1 N–H and O–H groups in total. The molecule has 0 bridgehead atoms. The van der Waals surface area contributed by atoms with Crippen LogP contribution in [0.4, 0.5) is 5.69 Å². The van der Waals surface area contributed by atoms with E-state index < -0.39 is 0 Å². The number of ether oxygens (including phenoxy) is 2. The standard InChI is InChI=1S/C14H20N2O3/c1-18-11-5-6-13(19-2)12(10-11)16-9-8-15-7-3-4-14(16)17/h5-6,10,15H,3-4,7-9H2,1-2H3. The van der Waals surface area contributed by atoms with Gasteiger partial charge in [0.2, 0.25) is 5.91 Å². The number of methoxy groups -OCH3 is 2. The molecular formula is C14H20N2O3. The zero-order chi connectivity index (χ0) is 13.7. The molecule has 1 aliphatic heterocycles. The third-order valence-electron chi connectivity index (χ3n) is 3.23. The number of carbonyl (C=O) groups is 1. The first-order chi connectivity index (χ1) is 9.26. The third kappa shape index (κ3) is 3.17. The zero-order valence-corrected chi connectivity index (χ0v) is 11.4. The van der Waals surface area contributed by atoms with E-state index in [9.17, 15) is 4.79 Å². The second kappa shape index (κ2) is 6.43. The Morgan fingerprint density at radius 3 is 2.79 bits per heavy atom. The summed E-state index contributed by atoms with van der Waals surface area (Å²) in [6.07, 6.45) is 1.41. The topological polar surface area (TPSA) is 50.8 Å². The summed E-state index contributed by atoms with van der Waals surface area (Å²) in [7, 11) is 3.22. The highest BCUT2D eigenvalue weighted by atomic mass is 16.5. The van der Waals surface area contributed by atoms with E-state index in [1.807, 2.05) is 18.2 Å². The van der Waals surface area contributed by atoms with Gasteiger partial charge in [0.15, 0.2) is 0 Å². The van der Waals surface area contributed by atoms with Crippen molar-refractivity contribution in [3.05, 3.63) is 18.2 Å². The molecule has 1 heterocycles. The summed E-state index contributed by atoms with van der Waals surface area (Å²) in [5, 5.41) is 3.31.